The third kappa shape index (κ3) is 5.93. The number of carboxylic acid groups (broad SMARTS) is 1. The Kier molecular flexibility index (Phi) is 6.99. The molecular formula is C19H22F4N2O4S. The second-order valence-electron chi connectivity index (χ2n) is 7.37. The zero-order valence-corrected chi connectivity index (χ0v) is 16.8. The average Bonchev–Trinajstić information content (AvgIpc) is 2.68. The van der Waals surface area contributed by atoms with Crippen molar-refractivity contribution in [2.75, 3.05) is 37.7 Å². The van der Waals surface area contributed by atoms with Crippen molar-refractivity contribution in [1.29, 1.82) is 0 Å². The second-order valence-corrected chi connectivity index (χ2v) is 8.59. The number of urea groups is 1. The summed E-state index contributed by atoms with van der Waals surface area (Å²) in [6.07, 6.45) is -7.96. The average molecular weight is 450 g/mol. The van der Waals surface area contributed by atoms with E-state index in [1.807, 2.05) is 0 Å². The summed E-state index contributed by atoms with van der Waals surface area (Å²) in [4.78, 5) is 27.1. The molecule has 2 aliphatic heterocycles. The van der Waals surface area contributed by atoms with Crippen molar-refractivity contribution in [3.8, 4) is 0 Å². The number of rotatable bonds is 3. The topological polar surface area (TPSA) is 70.1 Å². The number of alkyl halides is 3. The number of benzene rings is 1. The Balaban J connectivity index is 1.79. The summed E-state index contributed by atoms with van der Waals surface area (Å²) < 4.78 is 56.9. The minimum absolute atomic E-state index is 0.0832. The van der Waals surface area contributed by atoms with E-state index >= 15 is 0 Å². The first-order valence-electron chi connectivity index (χ1n) is 9.48. The molecule has 1 aromatic carbocycles. The molecule has 166 valence electrons. The maximum atomic E-state index is 14.3. The smallest absolute Gasteiger partial charge is 0.450 e. The fraction of sp³-hybridized carbons (Fsp3) is 0.579. The van der Waals surface area contributed by atoms with Crippen LogP contribution in [0.4, 0.5) is 27.2 Å². The van der Waals surface area contributed by atoms with Crippen LogP contribution in [0.15, 0.2) is 18.2 Å². The van der Waals surface area contributed by atoms with E-state index in [0.717, 1.165) is 23.6 Å². The Morgan fingerprint density at radius 2 is 1.87 bits per heavy atom. The monoisotopic (exact) mass is 450 g/mol. The van der Waals surface area contributed by atoms with E-state index in [0.29, 0.717) is 18.7 Å². The molecule has 2 saturated heterocycles. The van der Waals surface area contributed by atoms with Gasteiger partial charge in [0, 0.05) is 37.1 Å². The minimum atomic E-state index is -4.52. The summed E-state index contributed by atoms with van der Waals surface area (Å²) in [5.41, 5.74) is -0.0525. The lowest BCUT2D eigenvalue weighted by atomic mass is 9.88. The maximum absolute atomic E-state index is 14.3. The van der Waals surface area contributed by atoms with Gasteiger partial charge in [-0.05, 0) is 23.6 Å². The molecule has 0 spiro atoms. The minimum Gasteiger partial charge on any atom is -0.450 e. The number of nitrogens with zero attached hydrogens (tertiary/aromatic N) is 2. The molecule has 2 fully saturated rings. The molecule has 0 aliphatic carbocycles. The Labute approximate surface area is 175 Å². The molecule has 1 N–H and O–H groups in total. The quantitative estimate of drug-likeness (QED) is 0.558. The third-order valence-electron chi connectivity index (χ3n) is 5.17. The normalized spacial score (nSPS) is 22.7. The van der Waals surface area contributed by atoms with Gasteiger partial charge in [0.1, 0.15) is 11.9 Å². The first-order chi connectivity index (χ1) is 14.1. The van der Waals surface area contributed by atoms with Crippen LogP contribution in [0, 0.1) is 5.82 Å². The van der Waals surface area contributed by atoms with Gasteiger partial charge in [0.15, 0.2) is 0 Å². The van der Waals surface area contributed by atoms with Crippen LogP contribution in [0.25, 0.3) is 0 Å². The van der Waals surface area contributed by atoms with Crippen LogP contribution < -0.4 is 0 Å². The summed E-state index contributed by atoms with van der Waals surface area (Å²) in [7, 11) is 0. The standard InChI is InChI=1S/C19H22F4N2O4S/c20-16-8-12(1-2-13(16)9-19(21,22)23)14-7-15(29-18(27)28)11-25(10-14)17(26)24-3-5-30-6-4-24/h1-2,8,14-15H,3-7,9-11H2,(H,27,28). The van der Waals surface area contributed by atoms with Crippen molar-refractivity contribution in [2.45, 2.75) is 31.0 Å². The van der Waals surface area contributed by atoms with Crippen LogP contribution in [0.1, 0.15) is 23.5 Å². The van der Waals surface area contributed by atoms with Gasteiger partial charge in [-0.1, -0.05) is 12.1 Å². The van der Waals surface area contributed by atoms with Gasteiger partial charge < -0.3 is 19.6 Å². The highest BCUT2D eigenvalue weighted by molar-refractivity contribution is 7.99. The molecule has 0 radical (unpaired) electrons. The highest BCUT2D eigenvalue weighted by Gasteiger charge is 2.36. The Hall–Kier alpha value is -2.17. The number of likely N-dealkylation sites (tertiary alicyclic amines) is 1. The van der Waals surface area contributed by atoms with Crippen LogP contribution >= 0.6 is 11.8 Å². The molecule has 2 unspecified atom stereocenters. The second kappa shape index (κ2) is 9.32. The van der Waals surface area contributed by atoms with Gasteiger partial charge in [0.25, 0.3) is 0 Å². The van der Waals surface area contributed by atoms with E-state index in [1.165, 1.54) is 11.0 Å². The van der Waals surface area contributed by atoms with Gasteiger partial charge in [0.2, 0.25) is 0 Å². The van der Waals surface area contributed by atoms with Gasteiger partial charge in [-0.3, -0.25) is 0 Å². The molecule has 2 heterocycles. The maximum Gasteiger partial charge on any atom is 0.506 e. The number of carbonyl (C=O) groups excluding carboxylic acids is 1. The third-order valence-corrected chi connectivity index (χ3v) is 6.11. The Morgan fingerprint density at radius 1 is 1.17 bits per heavy atom. The molecule has 2 amide bonds. The lowest BCUT2D eigenvalue weighted by Gasteiger charge is -2.40. The summed E-state index contributed by atoms with van der Waals surface area (Å²) in [6.45, 7) is 1.45. The van der Waals surface area contributed by atoms with E-state index in [-0.39, 0.29) is 25.5 Å². The molecule has 1 aromatic rings. The largest absolute Gasteiger partial charge is 0.506 e. The van der Waals surface area contributed by atoms with E-state index < -0.39 is 42.2 Å². The molecule has 2 atom stereocenters. The van der Waals surface area contributed by atoms with Crippen molar-refractivity contribution in [3.63, 3.8) is 0 Å². The zero-order chi connectivity index (χ0) is 21.9. The lowest BCUT2D eigenvalue weighted by Crippen LogP contribution is -2.53. The summed E-state index contributed by atoms with van der Waals surface area (Å²) in [6, 6.07) is 3.29. The van der Waals surface area contributed by atoms with Crippen LogP contribution in [0.2, 0.25) is 0 Å². The number of ether oxygens (including phenoxy) is 1. The number of halogens is 4. The lowest BCUT2D eigenvalue weighted by molar-refractivity contribution is -0.127. The number of carbonyl (C=O) groups is 2. The zero-order valence-electron chi connectivity index (χ0n) is 16.0. The predicted molar refractivity (Wildman–Crippen MR) is 102 cm³/mol. The SMILES string of the molecule is O=C(O)OC1CC(c2ccc(CC(F)(F)F)c(F)c2)CN(C(=O)N2CCSCC2)C1. The van der Waals surface area contributed by atoms with Gasteiger partial charge in [0.05, 0.1) is 13.0 Å². The molecule has 2 aliphatic rings. The first kappa shape index (κ1) is 22.5. The summed E-state index contributed by atoms with van der Waals surface area (Å²) in [5.74, 6) is 0.186. The molecule has 0 saturated carbocycles. The Bertz CT molecular complexity index is 786. The Morgan fingerprint density at radius 3 is 2.47 bits per heavy atom. The molecule has 3 rings (SSSR count). The van der Waals surface area contributed by atoms with E-state index in [1.54, 1.807) is 16.7 Å². The van der Waals surface area contributed by atoms with Crippen molar-refractivity contribution in [2.24, 2.45) is 0 Å². The molecule has 30 heavy (non-hydrogen) atoms. The number of piperidine rings is 1. The van der Waals surface area contributed by atoms with Gasteiger partial charge in [-0.2, -0.15) is 24.9 Å². The van der Waals surface area contributed by atoms with Gasteiger partial charge in [-0.25, -0.2) is 14.0 Å². The number of hydrogen-bond donors (Lipinski definition) is 1. The summed E-state index contributed by atoms with van der Waals surface area (Å²) >= 11 is 1.74. The van der Waals surface area contributed by atoms with Crippen LogP contribution in [-0.4, -0.2) is 77.1 Å². The van der Waals surface area contributed by atoms with Crippen molar-refractivity contribution in [3.05, 3.63) is 35.1 Å². The molecule has 11 heteroatoms. The van der Waals surface area contributed by atoms with Gasteiger partial charge >= 0.3 is 18.4 Å². The van der Waals surface area contributed by atoms with Crippen molar-refractivity contribution in [1.82, 2.24) is 9.80 Å². The molecule has 0 aromatic heterocycles. The highest BCUT2D eigenvalue weighted by Crippen LogP contribution is 2.32. The fourth-order valence-electron chi connectivity index (χ4n) is 3.81. The number of thioether (sulfide) groups is 1. The number of hydrogen-bond acceptors (Lipinski definition) is 4. The van der Waals surface area contributed by atoms with E-state index in [9.17, 15) is 27.2 Å². The summed E-state index contributed by atoms with van der Waals surface area (Å²) in [5, 5.41) is 8.98. The molecule has 0 bridgehead atoms. The predicted octanol–water partition coefficient (Wildman–Crippen LogP) is 3.95. The van der Waals surface area contributed by atoms with E-state index in [4.69, 9.17) is 9.84 Å². The fourth-order valence-corrected chi connectivity index (χ4v) is 4.71. The van der Waals surface area contributed by atoms with Crippen LogP contribution in [0.3, 0.4) is 0 Å². The van der Waals surface area contributed by atoms with Crippen molar-refractivity contribution < 1.29 is 37.0 Å². The molecule has 6 nitrogen and oxygen atoms in total. The number of amides is 2. The highest BCUT2D eigenvalue weighted by atomic mass is 32.2. The van der Waals surface area contributed by atoms with E-state index in [2.05, 4.69) is 0 Å². The van der Waals surface area contributed by atoms with Crippen molar-refractivity contribution >= 4 is 23.9 Å². The van der Waals surface area contributed by atoms with Crippen LogP contribution in [0.5, 0.6) is 0 Å². The first-order valence-corrected chi connectivity index (χ1v) is 10.6. The molecular weight excluding hydrogens is 428 g/mol. The van der Waals surface area contributed by atoms with Gasteiger partial charge in [-0.15, -0.1) is 0 Å². The van der Waals surface area contributed by atoms with Crippen LogP contribution in [-0.2, 0) is 11.2 Å².